The molecule has 0 aliphatic carbocycles. The first-order valence-corrected chi connectivity index (χ1v) is 8.10. The highest BCUT2D eigenvalue weighted by Gasteiger charge is 2.19. The number of aryl methyl sites for hydroxylation is 2. The summed E-state index contributed by atoms with van der Waals surface area (Å²) in [5.74, 6) is 2.70. The molecule has 0 bridgehead atoms. The van der Waals surface area contributed by atoms with Crippen LogP contribution in [0.3, 0.4) is 0 Å². The molecule has 17 heavy (non-hydrogen) atoms. The summed E-state index contributed by atoms with van der Waals surface area (Å²) in [7, 11) is 0. The molecule has 1 saturated heterocycles. The Morgan fingerprint density at radius 1 is 1.24 bits per heavy atom. The topological polar surface area (TPSA) is 17.1 Å². The maximum Gasteiger partial charge on any atom is 0.164 e. The maximum absolute atomic E-state index is 12.1. The van der Waals surface area contributed by atoms with E-state index in [-0.39, 0.29) is 0 Å². The Morgan fingerprint density at radius 2 is 1.94 bits per heavy atom. The van der Waals surface area contributed by atoms with Crippen molar-refractivity contribution in [2.45, 2.75) is 31.3 Å². The van der Waals surface area contributed by atoms with Crippen LogP contribution in [0, 0.1) is 13.8 Å². The van der Waals surface area contributed by atoms with E-state index >= 15 is 0 Å². The first kappa shape index (κ1) is 13.0. The van der Waals surface area contributed by atoms with E-state index in [4.69, 9.17) is 0 Å². The lowest BCUT2D eigenvalue weighted by atomic mass is 10.0. The molecule has 1 aliphatic heterocycles. The molecule has 0 aromatic heterocycles. The number of thioether (sulfide) groups is 2. The first-order chi connectivity index (χ1) is 8.16. The van der Waals surface area contributed by atoms with Gasteiger partial charge in [-0.25, -0.2) is 0 Å². The van der Waals surface area contributed by atoms with Crippen LogP contribution in [0.5, 0.6) is 0 Å². The summed E-state index contributed by atoms with van der Waals surface area (Å²) < 4.78 is 0.470. The zero-order chi connectivity index (χ0) is 12.3. The highest BCUT2D eigenvalue weighted by atomic mass is 32.2. The minimum atomic E-state index is 0.292. The summed E-state index contributed by atoms with van der Waals surface area (Å²) in [6, 6.07) is 6.03. The van der Waals surface area contributed by atoms with Gasteiger partial charge in [-0.15, -0.1) is 23.5 Å². The molecule has 1 aromatic rings. The average Bonchev–Trinajstić information content (AvgIpc) is 2.34. The second kappa shape index (κ2) is 5.96. The number of hydrogen-bond acceptors (Lipinski definition) is 3. The van der Waals surface area contributed by atoms with Gasteiger partial charge >= 0.3 is 0 Å². The van der Waals surface area contributed by atoms with E-state index in [1.54, 1.807) is 0 Å². The molecule has 1 fully saturated rings. The predicted molar refractivity (Wildman–Crippen MR) is 78.2 cm³/mol. The molecule has 3 heteroatoms. The first-order valence-electron chi connectivity index (χ1n) is 6.00. The van der Waals surface area contributed by atoms with E-state index in [0.29, 0.717) is 16.8 Å². The fourth-order valence-corrected chi connectivity index (χ4v) is 4.67. The number of benzene rings is 1. The van der Waals surface area contributed by atoms with Crippen molar-refractivity contribution in [2.75, 3.05) is 11.5 Å². The molecule has 1 aliphatic rings. The third-order valence-electron chi connectivity index (χ3n) is 3.08. The molecule has 1 heterocycles. The van der Waals surface area contributed by atoms with Crippen LogP contribution >= 0.6 is 23.5 Å². The summed E-state index contributed by atoms with van der Waals surface area (Å²) in [6.45, 7) is 4.15. The summed E-state index contributed by atoms with van der Waals surface area (Å²) in [4.78, 5) is 12.1. The van der Waals surface area contributed by atoms with Crippen molar-refractivity contribution >= 4 is 29.3 Å². The Hall–Kier alpha value is -0.410. The molecular formula is C14H18OS2. The Bertz CT molecular complexity index is 409. The molecule has 92 valence electrons. The molecule has 2 rings (SSSR count). The van der Waals surface area contributed by atoms with E-state index in [1.165, 1.54) is 29.1 Å². The van der Waals surface area contributed by atoms with Crippen molar-refractivity contribution in [2.24, 2.45) is 0 Å². The zero-order valence-corrected chi connectivity index (χ0v) is 12.0. The smallest absolute Gasteiger partial charge is 0.164 e. The summed E-state index contributed by atoms with van der Waals surface area (Å²) in [5, 5.41) is 0. The highest BCUT2D eigenvalue weighted by molar-refractivity contribution is 8.17. The summed E-state index contributed by atoms with van der Waals surface area (Å²) in [6.07, 6.45) is 1.96. The molecule has 1 nitrogen and oxygen atoms in total. The number of carbonyl (C=O) groups excluding carboxylic acids is 1. The second-order valence-electron chi connectivity index (χ2n) is 4.45. The average molecular weight is 266 g/mol. The van der Waals surface area contributed by atoms with Crippen molar-refractivity contribution in [1.82, 2.24) is 0 Å². The number of hydrogen-bond donors (Lipinski definition) is 0. The van der Waals surface area contributed by atoms with Crippen LogP contribution in [0.15, 0.2) is 18.2 Å². The van der Waals surface area contributed by atoms with Gasteiger partial charge in [0.1, 0.15) is 0 Å². The number of Topliss-reactive ketones (excluding diaryl/α,β-unsaturated/α-hetero) is 1. The molecule has 0 radical (unpaired) electrons. The standard InChI is InChI=1S/C14H18OS2/c1-10-4-5-12(8-11(10)2)13(15)9-14-16-6-3-7-17-14/h4-5,8,14H,3,6-7,9H2,1-2H3. The van der Waals surface area contributed by atoms with Gasteiger partial charge in [-0.1, -0.05) is 12.1 Å². The van der Waals surface area contributed by atoms with Crippen LogP contribution in [-0.2, 0) is 0 Å². The largest absolute Gasteiger partial charge is 0.294 e. The quantitative estimate of drug-likeness (QED) is 0.768. The van der Waals surface area contributed by atoms with Gasteiger partial charge in [-0.05, 0) is 49.0 Å². The van der Waals surface area contributed by atoms with Gasteiger partial charge in [0.05, 0.1) is 4.58 Å². The molecule has 0 unspecified atom stereocenters. The number of ketones is 1. The van der Waals surface area contributed by atoms with Crippen molar-refractivity contribution in [3.05, 3.63) is 34.9 Å². The fourth-order valence-electron chi connectivity index (χ4n) is 1.84. The Labute approximate surface area is 112 Å². The molecule has 0 amide bonds. The third kappa shape index (κ3) is 3.52. The van der Waals surface area contributed by atoms with E-state index in [9.17, 15) is 4.79 Å². The van der Waals surface area contributed by atoms with Crippen molar-refractivity contribution < 1.29 is 4.79 Å². The summed E-state index contributed by atoms with van der Waals surface area (Å²) >= 11 is 3.87. The van der Waals surface area contributed by atoms with E-state index in [0.717, 1.165) is 5.56 Å². The Balaban J connectivity index is 2.01. The van der Waals surface area contributed by atoms with E-state index in [2.05, 4.69) is 13.8 Å². The van der Waals surface area contributed by atoms with Crippen LogP contribution in [-0.4, -0.2) is 21.9 Å². The second-order valence-corrected chi connectivity index (χ2v) is 7.37. The normalized spacial score (nSPS) is 17.1. The van der Waals surface area contributed by atoms with Crippen molar-refractivity contribution in [1.29, 1.82) is 0 Å². The molecule has 0 atom stereocenters. The van der Waals surface area contributed by atoms with Gasteiger partial charge in [0.2, 0.25) is 0 Å². The monoisotopic (exact) mass is 266 g/mol. The molecule has 0 saturated carbocycles. The lowest BCUT2D eigenvalue weighted by Crippen LogP contribution is -2.12. The zero-order valence-electron chi connectivity index (χ0n) is 10.4. The Kier molecular flexibility index (Phi) is 4.57. The van der Waals surface area contributed by atoms with Gasteiger partial charge in [0, 0.05) is 12.0 Å². The minimum absolute atomic E-state index is 0.292. The van der Waals surface area contributed by atoms with Gasteiger partial charge in [-0.2, -0.15) is 0 Å². The Morgan fingerprint density at radius 3 is 2.59 bits per heavy atom. The van der Waals surface area contributed by atoms with Crippen LogP contribution in [0.25, 0.3) is 0 Å². The minimum Gasteiger partial charge on any atom is -0.294 e. The molecular weight excluding hydrogens is 248 g/mol. The van der Waals surface area contributed by atoms with Crippen LogP contribution in [0.2, 0.25) is 0 Å². The maximum atomic E-state index is 12.1. The van der Waals surface area contributed by atoms with Crippen molar-refractivity contribution in [3.63, 3.8) is 0 Å². The molecule has 0 spiro atoms. The lowest BCUT2D eigenvalue weighted by Gasteiger charge is -2.20. The molecule has 1 aromatic carbocycles. The third-order valence-corrected chi connectivity index (χ3v) is 6.02. The fraction of sp³-hybridized carbons (Fsp3) is 0.500. The summed E-state index contributed by atoms with van der Waals surface area (Å²) in [5.41, 5.74) is 3.34. The van der Waals surface area contributed by atoms with E-state index in [1.807, 2.05) is 41.7 Å². The highest BCUT2D eigenvalue weighted by Crippen LogP contribution is 2.33. The number of carbonyl (C=O) groups is 1. The van der Waals surface area contributed by atoms with Gasteiger partial charge in [0.15, 0.2) is 5.78 Å². The SMILES string of the molecule is Cc1ccc(C(=O)CC2SCCCS2)cc1C. The van der Waals surface area contributed by atoms with Gasteiger partial charge in [-0.3, -0.25) is 4.79 Å². The van der Waals surface area contributed by atoms with E-state index < -0.39 is 0 Å². The predicted octanol–water partition coefficient (Wildman–Crippen LogP) is 4.07. The van der Waals surface area contributed by atoms with Gasteiger partial charge < -0.3 is 0 Å². The molecule has 0 N–H and O–H groups in total. The van der Waals surface area contributed by atoms with Crippen LogP contribution in [0.4, 0.5) is 0 Å². The van der Waals surface area contributed by atoms with Crippen LogP contribution in [0.1, 0.15) is 34.3 Å². The van der Waals surface area contributed by atoms with Crippen molar-refractivity contribution in [3.8, 4) is 0 Å². The van der Waals surface area contributed by atoms with Gasteiger partial charge in [0.25, 0.3) is 0 Å². The number of rotatable bonds is 3. The van der Waals surface area contributed by atoms with Crippen LogP contribution < -0.4 is 0 Å². The lowest BCUT2D eigenvalue weighted by molar-refractivity contribution is 0.0987.